The monoisotopic (exact) mass is 407 g/mol. The molecule has 0 fully saturated rings. The SMILES string of the molecule is CCOc1ncc(C)c2c1C(c1ccc(C#N)cc1OC)C(C(N)=O)=C(C)N2N=O. The minimum Gasteiger partial charge on any atom is -0.496 e. The van der Waals surface area contributed by atoms with E-state index >= 15 is 0 Å². The molecule has 2 heterocycles. The fourth-order valence-corrected chi connectivity index (χ4v) is 3.78. The predicted molar refractivity (Wildman–Crippen MR) is 110 cm³/mol. The highest BCUT2D eigenvalue weighted by molar-refractivity contribution is 5.98. The molecule has 154 valence electrons. The smallest absolute Gasteiger partial charge is 0.247 e. The van der Waals surface area contributed by atoms with Gasteiger partial charge in [-0.2, -0.15) is 5.26 Å². The van der Waals surface area contributed by atoms with Crippen LogP contribution in [0.5, 0.6) is 11.6 Å². The third kappa shape index (κ3) is 3.22. The maximum atomic E-state index is 12.5. The van der Waals surface area contributed by atoms with Crippen LogP contribution in [-0.4, -0.2) is 24.6 Å². The third-order valence-electron chi connectivity index (χ3n) is 5.03. The van der Waals surface area contributed by atoms with E-state index in [1.54, 1.807) is 45.2 Å². The Morgan fingerprint density at radius 3 is 2.70 bits per heavy atom. The quantitative estimate of drug-likeness (QED) is 0.728. The van der Waals surface area contributed by atoms with Crippen molar-refractivity contribution in [2.75, 3.05) is 18.7 Å². The summed E-state index contributed by atoms with van der Waals surface area (Å²) in [7, 11) is 1.47. The van der Waals surface area contributed by atoms with Crippen LogP contribution in [0.3, 0.4) is 0 Å². The van der Waals surface area contributed by atoms with Gasteiger partial charge in [0.05, 0.1) is 59.1 Å². The number of pyridine rings is 1. The first kappa shape index (κ1) is 20.8. The van der Waals surface area contributed by atoms with Gasteiger partial charge in [-0.25, -0.2) is 9.99 Å². The van der Waals surface area contributed by atoms with Crippen LogP contribution in [0.25, 0.3) is 0 Å². The Labute approximate surface area is 173 Å². The number of allylic oxidation sites excluding steroid dienone is 1. The highest BCUT2D eigenvalue weighted by Crippen LogP contribution is 2.51. The molecule has 1 aliphatic heterocycles. The molecular weight excluding hydrogens is 386 g/mol. The number of benzene rings is 1. The van der Waals surface area contributed by atoms with E-state index in [4.69, 9.17) is 15.2 Å². The lowest BCUT2D eigenvalue weighted by Crippen LogP contribution is -2.33. The molecule has 9 nitrogen and oxygen atoms in total. The van der Waals surface area contributed by atoms with Gasteiger partial charge in [0.2, 0.25) is 11.8 Å². The summed E-state index contributed by atoms with van der Waals surface area (Å²) in [5.41, 5.74) is 8.84. The molecule has 1 aromatic heterocycles. The topological polar surface area (TPSA) is 131 Å². The fraction of sp³-hybridized carbons (Fsp3) is 0.286. The summed E-state index contributed by atoms with van der Waals surface area (Å²) >= 11 is 0. The molecule has 1 aliphatic rings. The highest BCUT2D eigenvalue weighted by Gasteiger charge is 2.40. The standard InChI is InChI=1S/C21H21N5O4/c1-5-30-21-18-17(14-7-6-13(9-22)8-15(14)29-4)16(20(23)27)12(3)26(25-28)19(18)11(2)10-24-21/h6-8,10,17H,5H2,1-4H3,(H2,23,27). The lowest BCUT2D eigenvalue weighted by atomic mass is 9.79. The minimum absolute atomic E-state index is 0.165. The van der Waals surface area contributed by atoms with Gasteiger partial charge in [-0.3, -0.25) is 4.79 Å². The summed E-state index contributed by atoms with van der Waals surface area (Å²) in [4.78, 5) is 28.6. The molecule has 0 saturated heterocycles. The number of nitroso groups, excluding NO2 is 1. The number of aromatic nitrogens is 1. The van der Waals surface area contributed by atoms with Crippen LogP contribution >= 0.6 is 0 Å². The van der Waals surface area contributed by atoms with Crippen LogP contribution in [-0.2, 0) is 4.79 Å². The van der Waals surface area contributed by atoms with E-state index in [0.717, 1.165) is 5.01 Å². The summed E-state index contributed by atoms with van der Waals surface area (Å²) in [5, 5.41) is 13.5. The summed E-state index contributed by atoms with van der Waals surface area (Å²) in [6.07, 6.45) is 1.58. The Hall–Kier alpha value is -3.93. The first-order valence-electron chi connectivity index (χ1n) is 9.23. The maximum Gasteiger partial charge on any atom is 0.247 e. The van der Waals surface area contributed by atoms with E-state index < -0.39 is 11.8 Å². The molecular formula is C21H21N5O4. The molecule has 30 heavy (non-hydrogen) atoms. The predicted octanol–water partition coefficient (Wildman–Crippen LogP) is 3.06. The number of hydrogen-bond acceptors (Lipinski definition) is 7. The normalized spacial score (nSPS) is 15.3. The van der Waals surface area contributed by atoms with Crippen molar-refractivity contribution >= 4 is 11.6 Å². The van der Waals surface area contributed by atoms with Crippen molar-refractivity contribution in [3.05, 3.63) is 62.8 Å². The molecule has 1 atom stereocenters. The molecule has 0 spiro atoms. The number of nitrogens with zero attached hydrogens (tertiary/aromatic N) is 4. The zero-order chi connectivity index (χ0) is 22.0. The number of ether oxygens (including phenoxy) is 2. The number of hydrogen-bond donors (Lipinski definition) is 1. The Bertz CT molecular complexity index is 1100. The van der Waals surface area contributed by atoms with E-state index in [1.165, 1.54) is 7.11 Å². The third-order valence-corrected chi connectivity index (χ3v) is 5.03. The lowest BCUT2D eigenvalue weighted by molar-refractivity contribution is -0.114. The fourth-order valence-electron chi connectivity index (χ4n) is 3.78. The lowest BCUT2D eigenvalue weighted by Gasteiger charge is -2.35. The molecule has 1 aromatic carbocycles. The number of nitriles is 1. The van der Waals surface area contributed by atoms with Crippen molar-refractivity contribution in [2.24, 2.45) is 11.0 Å². The number of fused-ring (bicyclic) bond motifs is 1. The number of amides is 1. The van der Waals surface area contributed by atoms with E-state index in [-0.39, 0.29) is 11.5 Å². The average Bonchev–Trinajstić information content (AvgIpc) is 2.74. The second-order valence-electron chi connectivity index (χ2n) is 6.70. The first-order chi connectivity index (χ1) is 14.4. The van der Waals surface area contributed by atoms with Gasteiger partial charge in [0.25, 0.3) is 0 Å². The van der Waals surface area contributed by atoms with Gasteiger partial charge < -0.3 is 15.2 Å². The maximum absolute atomic E-state index is 12.5. The largest absolute Gasteiger partial charge is 0.496 e. The molecule has 1 amide bonds. The highest BCUT2D eigenvalue weighted by atomic mass is 16.5. The summed E-state index contributed by atoms with van der Waals surface area (Å²) in [6, 6.07) is 6.97. The van der Waals surface area contributed by atoms with E-state index in [0.29, 0.717) is 46.0 Å². The number of aryl methyl sites for hydroxylation is 1. The molecule has 3 rings (SSSR count). The Balaban J connectivity index is 2.46. The van der Waals surface area contributed by atoms with Crippen molar-refractivity contribution in [2.45, 2.75) is 26.7 Å². The molecule has 1 unspecified atom stereocenters. The van der Waals surface area contributed by atoms with Gasteiger partial charge >= 0.3 is 0 Å². The zero-order valence-electron chi connectivity index (χ0n) is 17.1. The van der Waals surface area contributed by atoms with Gasteiger partial charge in [0, 0.05) is 11.8 Å². The molecule has 9 heteroatoms. The molecule has 2 aromatic rings. The molecule has 2 N–H and O–H groups in total. The average molecular weight is 407 g/mol. The summed E-state index contributed by atoms with van der Waals surface area (Å²) < 4.78 is 11.3. The second kappa shape index (κ2) is 8.21. The molecule has 0 bridgehead atoms. The van der Waals surface area contributed by atoms with E-state index in [1.807, 2.05) is 0 Å². The second-order valence-corrected chi connectivity index (χ2v) is 6.70. The summed E-state index contributed by atoms with van der Waals surface area (Å²) in [6.45, 7) is 5.52. The van der Waals surface area contributed by atoms with Crippen LogP contribution in [0.4, 0.5) is 5.69 Å². The number of carbonyl (C=O) groups excluding carboxylic acids is 1. The number of nitrogens with two attached hydrogens (primary N) is 1. The zero-order valence-corrected chi connectivity index (χ0v) is 17.1. The number of primary amides is 1. The van der Waals surface area contributed by atoms with Gasteiger partial charge in [0.1, 0.15) is 5.75 Å². The Morgan fingerprint density at radius 2 is 2.13 bits per heavy atom. The van der Waals surface area contributed by atoms with E-state index in [2.05, 4.69) is 16.3 Å². The van der Waals surface area contributed by atoms with Crippen molar-refractivity contribution in [1.82, 2.24) is 4.98 Å². The van der Waals surface area contributed by atoms with Gasteiger partial charge in [-0.1, -0.05) is 6.07 Å². The Kier molecular flexibility index (Phi) is 5.69. The Morgan fingerprint density at radius 1 is 1.40 bits per heavy atom. The first-order valence-corrected chi connectivity index (χ1v) is 9.23. The summed E-state index contributed by atoms with van der Waals surface area (Å²) in [5.74, 6) is -0.790. The van der Waals surface area contributed by atoms with Crippen molar-refractivity contribution in [3.63, 3.8) is 0 Å². The number of anilines is 1. The van der Waals surface area contributed by atoms with Gasteiger partial charge in [0.15, 0.2) is 0 Å². The molecule has 0 radical (unpaired) electrons. The molecule has 0 saturated carbocycles. The number of rotatable bonds is 6. The number of methoxy groups -OCH3 is 1. The van der Waals surface area contributed by atoms with Crippen LogP contribution in [0.1, 0.15) is 42.0 Å². The van der Waals surface area contributed by atoms with E-state index in [9.17, 15) is 15.0 Å². The van der Waals surface area contributed by atoms with Crippen LogP contribution < -0.4 is 20.2 Å². The van der Waals surface area contributed by atoms with Crippen LogP contribution in [0.15, 0.2) is 41.0 Å². The van der Waals surface area contributed by atoms with Crippen LogP contribution in [0, 0.1) is 23.2 Å². The molecule has 0 aliphatic carbocycles. The number of carbonyl (C=O) groups is 1. The van der Waals surface area contributed by atoms with Crippen molar-refractivity contribution < 1.29 is 14.3 Å². The van der Waals surface area contributed by atoms with Gasteiger partial charge in [-0.05, 0) is 38.5 Å². The van der Waals surface area contributed by atoms with Crippen molar-refractivity contribution in [3.8, 4) is 17.7 Å². The van der Waals surface area contributed by atoms with Crippen LogP contribution in [0.2, 0.25) is 0 Å². The van der Waals surface area contributed by atoms with Crippen molar-refractivity contribution in [1.29, 1.82) is 5.26 Å². The van der Waals surface area contributed by atoms with Gasteiger partial charge in [-0.15, -0.1) is 4.91 Å². The minimum atomic E-state index is -0.729.